The molecule has 0 aliphatic heterocycles. The Morgan fingerprint density at radius 2 is 1.70 bits per heavy atom. The summed E-state index contributed by atoms with van der Waals surface area (Å²) in [7, 11) is 0. The van der Waals surface area contributed by atoms with Crippen molar-refractivity contribution in [2.75, 3.05) is 6.61 Å². The molecule has 0 aliphatic carbocycles. The molecule has 0 amide bonds. The second-order valence-electron chi connectivity index (χ2n) is 6.79. The molecule has 6 nitrogen and oxygen atoms in total. The van der Waals surface area contributed by atoms with Gasteiger partial charge in [0, 0.05) is 17.5 Å². The highest BCUT2D eigenvalue weighted by atomic mass is 16.5. The molecular formula is C24H23N3O3. The molecule has 6 heteroatoms. The summed E-state index contributed by atoms with van der Waals surface area (Å²) in [4.78, 5) is 24.7. The number of hydrogen-bond acceptors (Lipinski definition) is 5. The van der Waals surface area contributed by atoms with Crippen molar-refractivity contribution in [2.24, 2.45) is 0 Å². The van der Waals surface area contributed by atoms with Crippen molar-refractivity contribution in [3.63, 3.8) is 0 Å². The topological polar surface area (TPSA) is 85.0 Å². The molecule has 0 aliphatic rings. The molecule has 0 radical (unpaired) electrons. The van der Waals surface area contributed by atoms with Crippen molar-refractivity contribution < 1.29 is 9.53 Å². The molecular weight excluding hydrogens is 378 g/mol. The number of aromatic nitrogens is 2. The minimum absolute atomic E-state index is 0.0207. The first-order chi connectivity index (χ1) is 14.7. The molecule has 0 bridgehead atoms. The van der Waals surface area contributed by atoms with Crippen molar-refractivity contribution in [1.82, 2.24) is 9.78 Å². The quantitative estimate of drug-likeness (QED) is 0.529. The Morgan fingerprint density at radius 3 is 2.30 bits per heavy atom. The van der Waals surface area contributed by atoms with Crippen LogP contribution in [0.2, 0.25) is 0 Å². The third kappa shape index (κ3) is 4.81. The Kier molecular flexibility index (Phi) is 7.12. The second kappa shape index (κ2) is 10.2. The van der Waals surface area contributed by atoms with E-state index in [9.17, 15) is 14.9 Å². The molecule has 30 heavy (non-hydrogen) atoms. The van der Waals surface area contributed by atoms with Crippen LogP contribution >= 0.6 is 0 Å². The van der Waals surface area contributed by atoms with Crippen LogP contribution in [0, 0.1) is 11.3 Å². The summed E-state index contributed by atoms with van der Waals surface area (Å²) < 4.78 is 6.42. The van der Waals surface area contributed by atoms with E-state index in [0.29, 0.717) is 17.7 Å². The van der Waals surface area contributed by atoms with Gasteiger partial charge in [-0.2, -0.15) is 10.4 Å². The van der Waals surface area contributed by atoms with Gasteiger partial charge in [0.2, 0.25) is 0 Å². The fourth-order valence-electron chi connectivity index (χ4n) is 3.15. The third-order valence-electron chi connectivity index (χ3n) is 4.68. The van der Waals surface area contributed by atoms with Gasteiger partial charge < -0.3 is 4.74 Å². The molecule has 0 N–H and O–H groups in total. The van der Waals surface area contributed by atoms with Gasteiger partial charge in [-0.3, -0.25) is 9.59 Å². The highest BCUT2D eigenvalue weighted by molar-refractivity contribution is 5.84. The van der Waals surface area contributed by atoms with Crippen LogP contribution in [-0.4, -0.2) is 22.4 Å². The van der Waals surface area contributed by atoms with E-state index in [-0.39, 0.29) is 24.7 Å². The van der Waals surface area contributed by atoms with E-state index >= 15 is 0 Å². The first-order valence-electron chi connectivity index (χ1n) is 9.97. The minimum atomic E-state index is -0.499. The largest absolute Gasteiger partial charge is 0.464 e. The molecule has 3 aromatic rings. The standard InChI is InChI=1S/C24H23N3O3/c1-2-3-14-21(28)30-16-15-27-24(29)20(17-25)22(18-10-6-4-7-11-18)23(26-27)19-12-8-5-9-13-19/h4-13H,2-3,14-16H2,1H3. The molecule has 0 atom stereocenters. The van der Waals surface area contributed by atoms with Crippen LogP contribution in [0.25, 0.3) is 22.4 Å². The summed E-state index contributed by atoms with van der Waals surface area (Å²) in [6.45, 7) is 2.11. The second-order valence-corrected chi connectivity index (χ2v) is 6.79. The van der Waals surface area contributed by atoms with Crippen molar-refractivity contribution in [3.8, 4) is 28.5 Å². The lowest BCUT2D eigenvalue weighted by Gasteiger charge is -2.14. The molecule has 3 rings (SSSR count). The Hall–Kier alpha value is -3.72. The summed E-state index contributed by atoms with van der Waals surface area (Å²) in [5.41, 5.74) is 2.10. The molecule has 1 aromatic heterocycles. The van der Waals surface area contributed by atoms with Gasteiger partial charge in [-0.1, -0.05) is 74.0 Å². The molecule has 0 saturated carbocycles. The Labute approximate surface area is 175 Å². The van der Waals surface area contributed by atoms with Gasteiger partial charge in [0.1, 0.15) is 23.9 Å². The van der Waals surface area contributed by atoms with Gasteiger partial charge >= 0.3 is 5.97 Å². The van der Waals surface area contributed by atoms with Crippen LogP contribution in [0.5, 0.6) is 0 Å². The maximum Gasteiger partial charge on any atom is 0.305 e. The normalized spacial score (nSPS) is 10.4. The SMILES string of the molecule is CCCCC(=O)OCCn1nc(-c2ccccc2)c(-c2ccccc2)c(C#N)c1=O. The Balaban J connectivity index is 2.03. The molecule has 2 aromatic carbocycles. The minimum Gasteiger partial charge on any atom is -0.464 e. The van der Waals surface area contributed by atoms with Gasteiger partial charge in [-0.25, -0.2) is 4.68 Å². The summed E-state index contributed by atoms with van der Waals surface area (Å²) >= 11 is 0. The zero-order valence-electron chi connectivity index (χ0n) is 16.9. The van der Waals surface area contributed by atoms with E-state index in [4.69, 9.17) is 4.74 Å². The van der Waals surface area contributed by atoms with Crippen molar-refractivity contribution >= 4 is 5.97 Å². The lowest BCUT2D eigenvalue weighted by atomic mass is 9.96. The molecule has 152 valence electrons. The van der Waals surface area contributed by atoms with Crippen LogP contribution in [0.15, 0.2) is 65.5 Å². The van der Waals surface area contributed by atoms with Crippen molar-refractivity contribution in [3.05, 3.63) is 76.6 Å². The van der Waals surface area contributed by atoms with E-state index in [1.54, 1.807) is 0 Å². The van der Waals surface area contributed by atoms with E-state index in [1.807, 2.05) is 67.6 Å². The van der Waals surface area contributed by atoms with E-state index < -0.39 is 5.56 Å². The van der Waals surface area contributed by atoms with Gasteiger partial charge in [0.05, 0.1) is 6.54 Å². The van der Waals surface area contributed by atoms with Crippen LogP contribution < -0.4 is 5.56 Å². The maximum atomic E-state index is 13.0. The van der Waals surface area contributed by atoms with Crippen molar-refractivity contribution in [1.29, 1.82) is 5.26 Å². The number of hydrogen-bond donors (Lipinski definition) is 0. The Bertz CT molecular complexity index is 1100. The first-order valence-corrected chi connectivity index (χ1v) is 9.97. The summed E-state index contributed by atoms with van der Waals surface area (Å²) in [5, 5.41) is 14.3. The van der Waals surface area contributed by atoms with E-state index in [2.05, 4.69) is 11.2 Å². The zero-order chi connectivity index (χ0) is 21.3. The van der Waals surface area contributed by atoms with Gasteiger partial charge in [0.25, 0.3) is 5.56 Å². The molecule has 1 heterocycles. The number of unbranched alkanes of at least 4 members (excludes halogenated alkanes) is 1. The fourth-order valence-corrected chi connectivity index (χ4v) is 3.15. The van der Waals surface area contributed by atoms with Gasteiger partial charge in [0.15, 0.2) is 0 Å². The van der Waals surface area contributed by atoms with E-state index in [0.717, 1.165) is 24.0 Å². The molecule has 0 spiro atoms. The number of ether oxygens (including phenoxy) is 1. The number of carbonyl (C=O) groups excluding carboxylic acids is 1. The van der Waals surface area contributed by atoms with Gasteiger partial charge in [-0.15, -0.1) is 0 Å². The van der Waals surface area contributed by atoms with Crippen LogP contribution in [0.1, 0.15) is 31.7 Å². The predicted octanol–water partition coefficient (Wildman–Crippen LogP) is 4.18. The highest BCUT2D eigenvalue weighted by Crippen LogP contribution is 2.31. The zero-order valence-corrected chi connectivity index (χ0v) is 16.9. The number of nitriles is 1. The van der Waals surface area contributed by atoms with Crippen LogP contribution in [-0.2, 0) is 16.1 Å². The van der Waals surface area contributed by atoms with Crippen LogP contribution in [0.3, 0.4) is 0 Å². The molecule has 0 saturated heterocycles. The lowest BCUT2D eigenvalue weighted by molar-refractivity contribution is -0.144. The highest BCUT2D eigenvalue weighted by Gasteiger charge is 2.20. The summed E-state index contributed by atoms with van der Waals surface area (Å²) in [5.74, 6) is -0.297. The lowest BCUT2D eigenvalue weighted by Crippen LogP contribution is -2.29. The molecule has 0 fully saturated rings. The fraction of sp³-hybridized carbons (Fsp3) is 0.250. The predicted molar refractivity (Wildman–Crippen MR) is 115 cm³/mol. The maximum absolute atomic E-state index is 13.0. The smallest absolute Gasteiger partial charge is 0.305 e. The number of carbonyl (C=O) groups is 1. The van der Waals surface area contributed by atoms with Gasteiger partial charge in [-0.05, 0) is 12.0 Å². The first kappa shape index (κ1) is 21.0. The van der Waals surface area contributed by atoms with Crippen LogP contribution in [0.4, 0.5) is 0 Å². The third-order valence-corrected chi connectivity index (χ3v) is 4.68. The Morgan fingerprint density at radius 1 is 1.07 bits per heavy atom. The summed E-state index contributed by atoms with van der Waals surface area (Å²) in [6.07, 6.45) is 2.02. The number of esters is 1. The average molecular weight is 401 g/mol. The number of benzene rings is 2. The molecule has 0 unspecified atom stereocenters. The monoisotopic (exact) mass is 401 g/mol. The summed E-state index contributed by atoms with van der Waals surface area (Å²) in [6, 6.07) is 20.8. The van der Waals surface area contributed by atoms with Crippen molar-refractivity contribution in [2.45, 2.75) is 32.7 Å². The van der Waals surface area contributed by atoms with E-state index in [1.165, 1.54) is 4.68 Å². The average Bonchev–Trinajstić information content (AvgIpc) is 2.79. The number of nitrogens with zero attached hydrogens (tertiary/aromatic N) is 3. The number of rotatable bonds is 8.